The Hall–Kier alpha value is -3.02. The number of urea groups is 1. The largest absolute Gasteiger partial charge is 0.494 e. The first-order valence-electron chi connectivity index (χ1n) is 9.97. The van der Waals surface area contributed by atoms with Crippen molar-refractivity contribution in [3.05, 3.63) is 65.7 Å². The molecular formula is C23H30N2O4. The molecule has 0 saturated heterocycles. The second kappa shape index (κ2) is 11.7. The molecule has 0 fully saturated rings. The van der Waals surface area contributed by atoms with E-state index in [0.717, 1.165) is 16.9 Å². The van der Waals surface area contributed by atoms with Crippen molar-refractivity contribution in [1.82, 2.24) is 10.6 Å². The van der Waals surface area contributed by atoms with Crippen molar-refractivity contribution in [1.29, 1.82) is 0 Å². The second-order valence-electron chi connectivity index (χ2n) is 7.33. The van der Waals surface area contributed by atoms with Gasteiger partial charge in [0, 0.05) is 12.6 Å². The van der Waals surface area contributed by atoms with E-state index in [2.05, 4.69) is 10.6 Å². The maximum atomic E-state index is 11.6. The van der Waals surface area contributed by atoms with Gasteiger partial charge in [-0.3, -0.25) is 4.79 Å². The summed E-state index contributed by atoms with van der Waals surface area (Å²) in [5, 5.41) is 15.1. The van der Waals surface area contributed by atoms with E-state index >= 15 is 0 Å². The lowest BCUT2D eigenvalue weighted by atomic mass is 9.92. The first kappa shape index (κ1) is 22.3. The first-order valence-corrected chi connectivity index (χ1v) is 9.97. The van der Waals surface area contributed by atoms with Crippen LogP contribution >= 0.6 is 0 Å². The zero-order valence-corrected chi connectivity index (χ0v) is 17.1. The Morgan fingerprint density at radius 2 is 1.59 bits per heavy atom. The Kier molecular flexibility index (Phi) is 9.02. The lowest BCUT2D eigenvalue weighted by Gasteiger charge is -2.13. The average Bonchev–Trinajstić information content (AvgIpc) is 2.68. The molecule has 6 heteroatoms. The van der Waals surface area contributed by atoms with Crippen LogP contribution in [-0.4, -0.2) is 36.3 Å². The highest BCUT2D eigenvalue weighted by Crippen LogP contribution is 2.18. The van der Waals surface area contributed by atoms with Crippen LogP contribution in [0.15, 0.2) is 54.6 Å². The van der Waals surface area contributed by atoms with E-state index in [1.54, 1.807) is 0 Å². The molecule has 0 aliphatic rings. The van der Waals surface area contributed by atoms with Crippen LogP contribution in [0.1, 0.15) is 31.4 Å². The molecule has 0 aromatic heterocycles. The fourth-order valence-electron chi connectivity index (χ4n) is 2.93. The van der Waals surface area contributed by atoms with Crippen LogP contribution in [0.2, 0.25) is 0 Å². The second-order valence-corrected chi connectivity index (χ2v) is 7.33. The number of benzene rings is 2. The molecular weight excluding hydrogens is 368 g/mol. The van der Waals surface area contributed by atoms with Gasteiger partial charge in [-0.1, -0.05) is 42.5 Å². The average molecular weight is 399 g/mol. The number of carboxylic acids is 1. The Morgan fingerprint density at radius 3 is 2.17 bits per heavy atom. The molecule has 2 rings (SSSR count). The molecule has 0 aliphatic heterocycles. The minimum Gasteiger partial charge on any atom is -0.494 e. The topological polar surface area (TPSA) is 87.7 Å². The smallest absolute Gasteiger partial charge is 0.314 e. The maximum Gasteiger partial charge on any atom is 0.314 e. The molecule has 0 radical (unpaired) electrons. The number of carbonyl (C=O) groups excluding carboxylic acids is 1. The van der Waals surface area contributed by atoms with Crippen LogP contribution in [0.25, 0.3) is 0 Å². The third-order valence-corrected chi connectivity index (χ3v) is 4.37. The van der Waals surface area contributed by atoms with Gasteiger partial charge < -0.3 is 20.5 Å². The van der Waals surface area contributed by atoms with Crippen molar-refractivity contribution in [2.75, 3.05) is 13.2 Å². The number of hydrogen-bond acceptors (Lipinski definition) is 3. The Morgan fingerprint density at radius 1 is 0.966 bits per heavy atom. The summed E-state index contributed by atoms with van der Waals surface area (Å²) < 4.78 is 5.68. The van der Waals surface area contributed by atoms with E-state index in [0.29, 0.717) is 32.4 Å². The van der Waals surface area contributed by atoms with Crippen molar-refractivity contribution in [3.8, 4) is 5.75 Å². The standard InChI is InChI=1S/C23H30N2O4/c1-17(2)25-23(28)24-13-6-14-29-21-11-9-19(10-12-21)16-20(22(26)27)15-18-7-4-3-5-8-18/h3-5,7-12,17,20H,6,13-16H2,1-2H3,(H,26,27)(H2,24,25,28)/t20-/m0/s1. The number of carbonyl (C=O) groups is 2. The van der Waals surface area contributed by atoms with Crippen molar-refractivity contribution >= 4 is 12.0 Å². The van der Waals surface area contributed by atoms with Crippen LogP contribution in [0, 0.1) is 5.92 Å². The highest BCUT2D eigenvalue weighted by molar-refractivity contribution is 5.74. The van der Waals surface area contributed by atoms with Gasteiger partial charge in [-0.05, 0) is 56.4 Å². The Labute approximate surface area is 172 Å². The van der Waals surface area contributed by atoms with Crippen LogP contribution in [0.4, 0.5) is 4.79 Å². The number of ether oxygens (including phenoxy) is 1. The summed E-state index contributed by atoms with van der Waals surface area (Å²) >= 11 is 0. The van der Waals surface area contributed by atoms with Crippen LogP contribution < -0.4 is 15.4 Å². The Bertz CT molecular complexity index is 760. The predicted octanol–water partition coefficient (Wildman–Crippen LogP) is 3.65. The molecule has 29 heavy (non-hydrogen) atoms. The van der Waals surface area contributed by atoms with Crippen molar-refractivity contribution in [2.45, 2.75) is 39.2 Å². The van der Waals surface area contributed by atoms with Gasteiger partial charge in [-0.2, -0.15) is 0 Å². The molecule has 2 aromatic carbocycles. The molecule has 1 atom stereocenters. The van der Waals surface area contributed by atoms with E-state index in [4.69, 9.17) is 4.74 Å². The number of amides is 2. The number of rotatable bonds is 11. The van der Waals surface area contributed by atoms with Gasteiger partial charge in [0.05, 0.1) is 12.5 Å². The predicted molar refractivity (Wildman–Crippen MR) is 113 cm³/mol. The summed E-state index contributed by atoms with van der Waals surface area (Å²) in [5.74, 6) is -0.522. The van der Waals surface area contributed by atoms with Crippen LogP contribution in [-0.2, 0) is 17.6 Å². The third-order valence-electron chi connectivity index (χ3n) is 4.37. The van der Waals surface area contributed by atoms with E-state index in [-0.39, 0.29) is 12.1 Å². The summed E-state index contributed by atoms with van der Waals surface area (Å²) in [6.07, 6.45) is 1.68. The van der Waals surface area contributed by atoms with Crippen molar-refractivity contribution < 1.29 is 19.4 Å². The lowest BCUT2D eigenvalue weighted by molar-refractivity contribution is -0.141. The fraction of sp³-hybridized carbons (Fsp3) is 0.391. The molecule has 2 aromatic rings. The molecule has 0 bridgehead atoms. The van der Waals surface area contributed by atoms with Gasteiger partial charge in [0.2, 0.25) is 0 Å². The Balaban J connectivity index is 1.75. The van der Waals surface area contributed by atoms with Gasteiger partial charge in [0.25, 0.3) is 0 Å². The monoisotopic (exact) mass is 398 g/mol. The summed E-state index contributed by atoms with van der Waals surface area (Å²) in [4.78, 5) is 23.1. The SMILES string of the molecule is CC(C)NC(=O)NCCCOc1ccc(C[C@H](Cc2ccccc2)C(=O)O)cc1. The molecule has 0 heterocycles. The normalized spacial score (nSPS) is 11.7. The minimum absolute atomic E-state index is 0.109. The summed E-state index contributed by atoms with van der Waals surface area (Å²) in [6, 6.07) is 17.1. The molecule has 6 nitrogen and oxygen atoms in total. The van der Waals surface area contributed by atoms with Gasteiger partial charge in [0.1, 0.15) is 5.75 Å². The molecule has 3 N–H and O–H groups in total. The quantitative estimate of drug-likeness (QED) is 0.504. The molecule has 0 unspecified atom stereocenters. The first-order chi connectivity index (χ1) is 13.9. The summed E-state index contributed by atoms with van der Waals surface area (Å²) in [5.41, 5.74) is 1.99. The molecule has 0 aliphatic carbocycles. The minimum atomic E-state index is -0.789. The highest BCUT2D eigenvalue weighted by atomic mass is 16.5. The zero-order chi connectivity index (χ0) is 21.1. The third kappa shape index (κ3) is 8.68. The zero-order valence-electron chi connectivity index (χ0n) is 17.1. The summed E-state index contributed by atoms with van der Waals surface area (Å²) in [7, 11) is 0. The number of aliphatic carboxylic acids is 1. The molecule has 0 spiro atoms. The number of nitrogens with one attached hydrogen (secondary N) is 2. The van der Waals surface area contributed by atoms with Gasteiger partial charge in [-0.25, -0.2) is 4.79 Å². The molecule has 0 saturated carbocycles. The van der Waals surface area contributed by atoms with E-state index < -0.39 is 11.9 Å². The summed E-state index contributed by atoms with van der Waals surface area (Å²) in [6.45, 7) is 4.85. The van der Waals surface area contributed by atoms with Gasteiger partial charge in [0.15, 0.2) is 0 Å². The molecule has 2 amide bonds. The van der Waals surface area contributed by atoms with Gasteiger partial charge in [-0.15, -0.1) is 0 Å². The van der Waals surface area contributed by atoms with Crippen molar-refractivity contribution in [3.63, 3.8) is 0 Å². The number of hydrogen-bond donors (Lipinski definition) is 3. The van der Waals surface area contributed by atoms with E-state index in [9.17, 15) is 14.7 Å². The van der Waals surface area contributed by atoms with Crippen LogP contribution in [0.3, 0.4) is 0 Å². The van der Waals surface area contributed by atoms with E-state index in [1.807, 2.05) is 68.4 Å². The molecule has 156 valence electrons. The highest BCUT2D eigenvalue weighted by Gasteiger charge is 2.18. The van der Waals surface area contributed by atoms with Crippen LogP contribution in [0.5, 0.6) is 5.75 Å². The maximum absolute atomic E-state index is 11.6. The lowest BCUT2D eigenvalue weighted by Crippen LogP contribution is -2.40. The van der Waals surface area contributed by atoms with Gasteiger partial charge >= 0.3 is 12.0 Å². The number of carboxylic acid groups (broad SMARTS) is 1. The van der Waals surface area contributed by atoms with Crippen molar-refractivity contribution in [2.24, 2.45) is 5.92 Å². The fourth-order valence-corrected chi connectivity index (χ4v) is 2.93. The van der Waals surface area contributed by atoms with E-state index in [1.165, 1.54) is 0 Å².